The number of rotatable bonds is 6. The lowest BCUT2D eigenvalue weighted by atomic mass is 9.83. The van der Waals surface area contributed by atoms with Crippen molar-refractivity contribution in [3.8, 4) is 11.4 Å². The summed E-state index contributed by atoms with van der Waals surface area (Å²) in [6, 6.07) is 10.8. The summed E-state index contributed by atoms with van der Waals surface area (Å²) in [6.07, 6.45) is 5.93. The molecule has 1 aliphatic heterocycles. The fourth-order valence-corrected chi connectivity index (χ4v) is 5.04. The van der Waals surface area contributed by atoms with Crippen molar-refractivity contribution in [2.75, 3.05) is 13.2 Å². The number of carbonyl (C=O) groups excluding carboxylic acids is 1. The lowest BCUT2D eigenvalue weighted by Crippen LogP contribution is -2.53. The number of aromatic nitrogens is 4. The minimum absolute atomic E-state index is 0.0254. The van der Waals surface area contributed by atoms with Gasteiger partial charge in [0.05, 0.1) is 19.3 Å². The van der Waals surface area contributed by atoms with Crippen LogP contribution < -0.4 is 5.56 Å². The number of carbonyl (C=O) groups is 1. The second kappa shape index (κ2) is 9.07. The highest BCUT2D eigenvalue weighted by Crippen LogP contribution is 2.36. The van der Waals surface area contributed by atoms with Gasteiger partial charge in [-0.2, -0.15) is 9.50 Å². The molecular formula is C24H29N5O4. The van der Waals surface area contributed by atoms with Gasteiger partial charge in [0.25, 0.3) is 11.5 Å². The fraction of sp³-hybridized carbons (Fsp3) is 0.500. The molecule has 2 aliphatic rings. The molecule has 2 fully saturated rings. The Balaban J connectivity index is 1.39. The Kier molecular flexibility index (Phi) is 5.99. The van der Waals surface area contributed by atoms with Crippen LogP contribution in [-0.2, 0) is 16.1 Å². The number of H-pyrrole nitrogens is 1. The standard InChI is InChI=1S/C24H29N5O4/c30-15-19-10-7-13-28(19)22(32)24(11-5-2-6-12-24)33-16-18-14-20(31)29-23(25-18)26-21(27-29)17-8-3-1-4-9-17/h1,3-4,8-9,14,19,30H,2,5-7,10-13,15-16H2,(H,25,26,27)/t19-/m1/s1. The normalized spacial score (nSPS) is 20.4. The van der Waals surface area contributed by atoms with E-state index in [-0.39, 0.29) is 30.7 Å². The van der Waals surface area contributed by atoms with Crippen LogP contribution in [0.3, 0.4) is 0 Å². The zero-order valence-electron chi connectivity index (χ0n) is 18.6. The first-order valence-electron chi connectivity index (χ1n) is 11.7. The number of likely N-dealkylation sites (tertiary alicyclic amines) is 1. The summed E-state index contributed by atoms with van der Waals surface area (Å²) in [5, 5.41) is 14.0. The van der Waals surface area contributed by atoms with E-state index in [1.54, 1.807) is 4.90 Å². The molecule has 2 N–H and O–H groups in total. The van der Waals surface area contributed by atoms with Crippen molar-refractivity contribution in [2.24, 2.45) is 0 Å². The molecule has 0 unspecified atom stereocenters. The maximum Gasteiger partial charge on any atom is 0.275 e. The largest absolute Gasteiger partial charge is 0.394 e. The van der Waals surface area contributed by atoms with Crippen molar-refractivity contribution in [1.82, 2.24) is 24.5 Å². The minimum Gasteiger partial charge on any atom is -0.394 e. The van der Waals surface area contributed by atoms with Crippen LogP contribution in [0.15, 0.2) is 41.2 Å². The number of amides is 1. The van der Waals surface area contributed by atoms with Gasteiger partial charge in [0.2, 0.25) is 5.78 Å². The number of hydrogen-bond donors (Lipinski definition) is 2. The number of benzene rings is 1. The van der Waals surface area contributed by atoms with Crippen molar-refractivity contribution in [2.45, 2.75) is 63.2 Å². The van der Waals surface area contributed by atoms with Crippen LogP contribution in [0.5, 0.6) is 0 Å². The Morgan fingerprint density at radius 1 is 1.18 bits per heavy atom. The molecule has 0 spiro atoms. The summed E-state index contributed by atoms with van der Waals surface area (Å²) in [7, 11) is 0. The highest BCUT2D eigenvalue weighted by atomic mass is 16.5. The molecule has 0 radical (unpaired) electrons. The van der Waals surface area contributed by atoms with Crippen LogP contribution in [0.25, 0.3) is 17.2 Å². The Labute approximate surface area is 191 Å². The van der Waals surface area contributed by atoms with Gasteiger partial charge in [0, 0.05) is 23.9 Å². The third-order valence-corrected chi connectivity index (χ3v) is 6.82. The van der Waals surface area contributed by atoms with Gasteiger partial charge in [-0.05, 0) is 25.7 Å². The van der Waals surface area contributed by atoms with Gasteiger partial charge in [-0.1, -0.05) is 49.6 Å². The second-order valence-electron chi connectivity index (χ2n) is 8.99. The molecule has 174 valence electrons. The second-order valence-corrected chi connectivity index (χ2v) is 8.99. The van der Waals surface area contributed by atoms with E-state index >= 15 is 0 Å². The maximum absolute atomic E-state index is 13.5. The van der Waals surface area contributed by atoms with Crippen molar-refractivity contribution in [1.29, 1.82) is 0 Å². The quantitative estimate of drug-likeness (QED) is 0.595. The molecule has 1 saturated carbocycles. The molecule has 1 aliphatic carbocycles. The average molecular weight is 452 g/mol. The number of aliphatic hydroxyl groups excluding tert-OH is 1. The Bertz CT molecular complexity index is 1180. The molecule has 0 bridgehead atoms. The van der Waals surface area contributed by atoms with E-state index in [1.807, 2.05) is 30.3 Å². The molecule has 1 saturated heterocycles. The molecule has 3 heterocycles. The first-order chi connectivity index (χ1) is 16.1. The van der Waals surface area contributed by atoms with Crippen molar-refractivity contribution in [3.05, 3.63) is 52.4 Å². The first kappa shape index (κ1) is 21.8. The molecule has 3 aromatic rings. The Morgan fingerprint density at radius 2 is 1.97 bits per heavy atom. The third kappa shape index (κ3) is 4.18. The summed E-state index contributed by atoms with van der Waals surface area (Å²) in [5.41, 5.74) is 0.156. The third-order valence-electron chi connectivity index (χ3n) is 6.82. The van der Waals surface area contributed by atoms with Gasteiger partial charge in [0.1, 0.15) is 5.60 Å². The average Bonchev–Trinajstić information content (AvgIpc) is 3.51. The van der Waals surface area contributed by atoms with Gasteiger partial charge in [0.15, 0.2) is 5.82 Å². The molecule has 2 aromatic heterocycles. The summed E-state index contributed by atoms with van der Waals surface area (Å²) in [6.45, 7) is 0.727. The summed E-state index contributed by atoms with van der Waals surface area (Å²) in [4.78, 5) is 35.6. The SMILES string of the molecule is O=C(N1CCC[C@@H]1CO)C1(OCc2cc(=O)n3nc(-c4ccccc4)nc3[nH]2)CCCCC1. The van der Waals surface area contributed by atoms with Crippen LogP contribution >= 0.6 is 0 Å². The van der Waals surface area contributed by atoms with Crippen molar-refractivity contribution in [3.63, 3.8) is 0 Å². The van der Waals surface area contributed by atoms with Crippen LogP contribution in [0.1, 0.15) is 50.6 Å². The number of nitrogens with zero attached hydrogens (tertiary/aromatic N) is 4. The van der Waals surface area contributed by atoms with Gasteiger partial charge >= 0.3 is 0 Å². The lowest BCUT2D eigenvalue weighted by molar-refractivity contribution is -0.167. The van der Waals surface area contributed by atoms with E-state index in [4.69, 9.17) is 4.74 Å². The van der Waals surface area contributed by atoms with E-state index < -0.39 is 5.60 Å². The smallest absolute Gasteiger partial charge is 0.275 e. The molecule has 5 rings (SSSR count). The van der Waals surface area contributed by atoms with Crippen molar-refractivity contribution < 1.29 is 14.6 Å². The van der Waals surface area contributed by atoms with Gasteiger partial charge < -0.3 is 19.7 Å². The molecule has 1 atom stereocenters. The number of ether oxygens (including phenoxy) is 1. The topological polar surface area (TPSA) is 113 Å². The molecule has 9 nitrogen and oxygen atoms in total. The maximum atomic E-state index is 13.5. The van der Waals surface area contributed by atoms with E-state index in [0.29, 0.717) is 36.7 Å². The van der Waals surface area contributed by atoms with Crippen LogP contribution in [0.4, 0.5) is 0 Å². The van der Waals surface area contributed by atoms with Crippen LogP contribution in [-0.4, -0.2) is 60.3 Å². The van der Waals surface area contributed by atoms with Gasteiger partial charge in [-0.25, -0.2) is 0 Å². The fourth-order valence-electron chi connectivity index (χ4n) is 5.04. The Morgan fingerprint density at radius 3 is 2.73 bits per heavy atom. The van der Waals surface area contributed by atoms with E-state index in [1.165, 1.54) is 10.6 Å². The number of hydrogen-bond acceptors (Lipinski definition) is 6. The first-order valence-corrected chi connectivity index (χ1v) is 11.7. The molecule has 1 amide bonds. The molecule has 33 heavy (non-hydrogen) atoms. The zero-order chi connectivity index (χ0) is 22.8. The molecule has 9 heteroatoms. The van der Waals surface area contributed by atoms with Gasteiger partial charge in [-0.15, -0.1) is 5.10 Å². The predicted molar refractivity (Wildman–Crippen MR) is 121 cm³/mol. The zero-order valence-corrected chi connectivity index (χ0v) is 18.6. The number of fused-ring (bicyclic) bond motifs is 1. The highest BCUT2D eigenvalue weighted by Gasteiger charge is 2.45. The lowest BCUT2D eigenvalue weighted by Gasteiger charge is -2.40. The molecule has 1 aromatic carbocycles. The van der Waals surface area contributed by atoms with Gasteiger partial charge in [-0.3, -0.25) is 9.59 Å². The summed E-state index contributed by atoms with van der Waals surface area (Å²) < 4.78 is 7.56. The van der Waals surface area contributed by atoms with Crippen LogP contribution in [0, 0.1) is 0 Å². The number of aromatic amines is 1. The Hall–Kier alpha value is -3.04. The van der Waals surface area contributed by atoms with Crippen LogP contribution in [0.2, 0.25) is 0 Å². The number of aliphatic hydroxyl groups is 1. The van der Waals surface area contributed by atoms with E-state index in [0.717, 1.165) is 37.7 Å². The number of nitrogens with one attached hydrogen (secondary N) is 1. The monoisotopic (exact) mass is 451 g/mol. The predicted octanol–water partition coefficient (Wildman–Crippen LogP) is 2.29. The van der Waals surface area contributed by atoms with E-state index in [9.17, 15) is 14.7 Å². The summed E-state index contributed by atoms with van der Waals surface area (Å²) in [5.74, 6) is 0.768. The molecular weight excluding hydrogens is 422 g/mol. The minimum atomic E-state index is -0.915. The summed E-state index contributed by atoms with van der Waals surface area (Å²) >= 11 is 0. The van der Waals surface area contributed by atoms with Crippen molar-refractivity contribution >= 4 is 11.7 Å². The van der Waals surface area contributed by atoms with E-state index in [2.05, 4.69) is 15.1 Å². The highest BCUT2D eigenvalue weighted by molar-refractivity contribution is 5.86.